The number of rotatable bonds is 63. The highest BCUT2D eigenvalue weighted by atomic mass is 16.6. The minimum atomic E-state index is -1.45. The highest BCUT2D eigenvalue weighted by Gasteiger charge is 2.44. The average Bonchev–Trinajstić information content (AvgIpc) is 3.39. The molecule has 0 fully saturated rings. The van der Waals surface area contributed by atoms with Gasteiger partial charge >= 0.3 is 0 Å². The van der Waals surface area contributed by atoms with Crippen molar-refractivity contribution >= 4 is 0 Å². The van der Waals surface area contributed by atoms with Crippen LogP contribution in [0.2, 0.25) is 0 Å². The number of aliphatic hydroxyl groups is 6. The maximum absolute atomic E-state index is 12.5. The van der Waals surface area contributed by atoms with Crippen LogP contribution in [0.15, 0.2) is 0 Å². The van der Waals surface area contributed by atoms with Crippen LogP contribution in [-0.4, -0.2) is 315 Å². The van der Waals surface area contributed by atoms with Gasteiger partial charge in [-0.2, -0.15) is 0 Å². The Labute approximate surface area is 443 Å². The van der Waals surface area contributed by atoms with E-state index in [4.69, 9.17) is 96.2 Å². The SMILES string of the molecule is CCC(O)(CCOCCOCCOCCO)N(CCN(CC(C)OCCOCCOCCOCCOCCO)CC(C)OCCOCCOCCOCCOCCO)C(O)(CC)CCOCCOCCOCCO. The van der Waals surface area contributed by atoms with E-state index in [1.807, 2.05) is 27.7 Å². The first-order valence-corrected chi connectivity index (χ1v) is 26.9. The van der Waals surface area contributed by atoms with Crippen LogP contribution in [0.4, 0.5) is 0 Å². The zero-order chi connectivity index (χ0) is 54.3. The first-order chi connectivity index (χ1) is 36.2. The first-order valence-electron chi connectivity index (χ1n) is 26.9. The van der Waals surface area contributed by atoms with Crippen molar-refractivity contribution in [1.29, 1.82) is 0 Å². The van der Waals surface area contributed by atoms with Gasteiger partial charge in [0.05, 0.1) is 237 Å². The smallest absolute Gasteiger partial charge is 0.122 e. The van der Waals surface area contributed by atoms with E-state index in [9.17, 15) is 10.2 Å². The third-order valence-electron chi connectivity index (χ3n) is 11.0. The minimum Gasteiger partial charge on any atom is -0.394 e. The molecule has 0 saturated heterocycles. The molecule has 24 heteroatoms. The lowest BCUT2D eigenvalue weighted by Crippen LogP contribution is -2.63. The Bertz CT molecular complexity index is 1040. The molecule has 4 atom stereocenters. The average molecular weight is 1090 g/mol. The fourth-order valence-corrected chi connectivity index (χ4v) is 7.09. The molecule has 0 spiro atoms. The van der Waals surface area contributed by atoms with Gasteiger partial charge in [0.25, 0.3) is 0 Å². The van der Waals surface area contributed by atoms with E-state index < -0.39 is 11.4 Å². The van der Waals surface area contributed by atoms with Gasteiger partial charge < -0.3 is 106 Å². The topological polar surface area (TPSA) is 276 Å². The van der Waals surface area contributed by atoms with Crippen LogP contribution < -0.4 is 0 Å². The van der Waals surface area contributed by atoms with E-state index >= 15 is 0 Å². The van der Waals surface area contributed by atoms with Crippen molar-refractivity contribution in [2.24, 2.45) is 0 Å². The zero-order valence-corrected chi connectivity index (χ0v) is 46.0. The van der Waals surface area contributed by atoms with E-state index in [0.717, 1.165) is 0 Å². The number of aliphatic hydroxyl groups excluding tert-OH is 4. The molecule has 0 radical (unpaired) electrons. The lowest BCUT2D eigenvalue weighted by Gasteiger charge is -2.49. The van der Waals surface area contributed by atoms with Crippen molar-refractivity contribution in [2.75, 3.05) is 251 Å². The Balaban J connectivity index is 5.67. The predicted molar refractivity (Wildman–Crippen MR) is 273 cm³/mol. The van der Waals surface area contributed by atoms with E-state index in [-0.39, 0.29) is 77.9 Å². The fraction of sp³-hybridized carbons (Fsp3) is 1.00. The van der Waals surface area contributed by atoms with Gasteiger partial charge in [-0.3, -0.25) is 4.90 Å². The maximum atomic E-state index is 12.5. The van der Waals surface area contributed by atoms with Crippen LogP contribution in [0.5, 0.6) is 0 Å². The van der Waals surface area contributed by atoms with Crippen molar-refractivity contribution in [3.63, 3.8) is 0 Å². The summed E-state index contributed by atoms with van der Waals surface area (Å²) in [6.45, 7) is 20.4. The summed E-state index contributed by atoms with van der Waals surface area (Å²) < 4.78 is 89.8. The summed E-state index contributed by atoms with van der Waals surface area (Å²) in [7, 11) is 0. The molecule has 74 heavy (non-hydrogen) atoms. The summed E-state index contributed by atoms with van der Waals surface area (Å²) in [5.74, 6) is 0. The van der Waals surface area contributed by atoms with Gasteiger partial charge in [0.15, 0.2) is 0 Å². The quantitative estimate of drug-likeness (QED) is 0.0333. The molecule has 0 heterocycles. The van der Waals surface area contributed by atoms with Crippen molar-refractivity contribution < 1.29 is 106 Å². The van der Waals surface area contributed by atoms with Crippen LogP contribution in [0.1, 0.15) is 53.4 Å². The van der Waals surface area contributed by atoms with Crippen LogP contribution in [0, 0.1) is 0 Å². The Hall–Kier alpha value is -0.960. The predicted octanol–water partition coefficient (Wildman–Crippen LogP) is -0.420. The Morgan fingerprint density at radius 1 is 0.311 bits per heavy atom. The van der Waals surface area contributed by atoms with Gasteiger partial charge in [0.1, 0.15) is 11.4 Å². The van der Waals surface area contributed by atoms with Crippen LogP contribution in [0.3, 0.4) is 0 Å². The van der Waals surface area contributed by atoms with E-state index in [2.05, 4.69) is 4.90 Å². The molecule has 0 aliphatic rings. The molecule has 0 aromatic rings. The van der Waals surface area contributed by atoms with Gasteiger partial charge in [-0.15, -0.1) is 0 Å². The molecule has 0 aromatic carbocycles. The molecule has 0 saturated carbocycles. The number of hydrogen-bond donors (Lipinski definition) is 6. The lowest BCUT2D eigenvalue weighted by molar-refractivity contribution is -0.247. The molecule has 0 aliphatic carbocycles. The van der Waals surface area contributed by atoms with Gasteiger partial charge in [0, 0.05) is 39.0 Å². The molecule has 6 N–H and O–H groups in total. The summed E-state index contributed by atoms with van der Waals surface area (Å²) in [6.07, 6.45) is 0.655. The summed E-state index contributed by atoms with van der Waals surface area (Å²) in [6, 6.07) is 0. The summed E-state index contributed by atoms with van der Waals surface area (Å²) in [4.78, 5) is 4.02. The van der Waals surface area contributed by atoms with Gasteiger partial charge in [-0.25, -0.2) is 4.90 Å². The molecule has 446 valence electrons. The summed E-state index contributed by atoms with van der Waals surface area (Å²) >= 11 is 0. The van der Waals surface area contributed by atoms with Crippen molar-refractivity contribution in [3.8, 4) is 0 Å². The second-order valence-electron chi connectivity index (χ2n) is 16.9. The standard InChI is InChI=1S/C50H104N2O22/c1-5-49(57,7-15-59-21-27-65-29-23-61-17-11-53)52(50(58,6-2)8-16-60-22-28-66-30-24-62-18-12-54)10-9-51(45-47(3)73-43-41-71-39-37-69-35-33-67-31-25-63-19-13-55)46-48(4)74-44-42-72-40-38-70-36-34-68-32-26-64-20-14-56/h47-48,53-58H,5-46H2,1-4H3. The molecule has 0 rings (SSSR count). The third-order valence-corrected chi connectivity index (χ3v) is 11.0. The van der Waals surface area contributed by atoms with Crippen molar-refractivity contribution in [3.05, 3.63) is 0 Å². The van der Waals surface area contributed by atoms with Crippen molar-refractivity contribution in [1.82, 2.24) is 9.80 Å². The normalized spacial score (nSPS) is 14.6. The van der Waals surface area contributed by atoms with Crippen LogP contribution >= 0.6 is 0 Å². The summed E-state index contributed by atoms with van der Waals surface area (Å²) in [5, 5.41) is 60.3. The van der Waals surface area contributed by atoms with Crippen LogP contribution in [-0.2, 0) is 75.8 Å². The van der Waals surface area contributed by atoms with E-state index in [1.165, 1.54) is 0 Å². The molecule has 0 aliphatic heterocycles. The molecule has 0 amide bonds. The number of nitrogens with zero attached hydrogens (tertiary/aromatic N) is 2. The monoisotopic (exact) mass is 1080 g/mol. The first kappa shape index (κ1) is 73.0. The van der Waals surface area contributed by atoms with Crippen molar-refractivity contribution in [2.45, 2.75) is 77.0 Å². The maximum Gasteiger partial charge on any atom is 0.122 e. The Morgan fingerprint density at radius 2 is 0.527 bits per heavy atom. The van der Waals surface area contributed by atoms with E-state index in [0.29, 0.717) is 211 Å². The number of hydrogen-bond acceptors (Lipinski definition) is 24. The highest BCUT2D eigenvalue weighted by molar-refractivity contribution is 4.90. The Morgan fingerprint density at radius 3 is 0.757 bits per heavy atom. The third kappa shape index (κ3) is 45.0. The summed E-state index contributed by atoms with van der Waals surface area (Å²) in [5.41, 5.74) is -2.91. The highest BCUT2D eigenvalue weighted by Crippen LogP contribution is 2.32. The minimum absolute atomic E-state index is 0.0142. The largest absolute Gasteiger partial charge is 0.394 e. The molecule has 24 nitrogen and oxygen atoms in total. The molecule has 0 aromatic heterocycles. The number of ether oxygens (including phenoxy) is 16. The molecule has 0 bridgehead atoms. The van der Waals surface area contributed by atoms with Gasteiger partial charge in [0.2, 0.25) is 0 Å². The van der Waals surface area contributed by atoms with E-state index in [1.54, 1.807) is 4.90 Å². The molecule has 4 unspecified atom stereocenters. The fourth-order valence-electron chi connectivity index (χ4n) is 7.09. The van der Waals surface area contributed by atoms with Gasteiger partial charge in [-0.1, -0.05) is 13.8 Å². The lowest BCUT2D eigenvalue weighted by atomic mass is 9.96. The zero-order valence-electron chi connectivity index (χ0n) is 46.0. The van der Waals surface area contributed by atoms with Crippen LogP contribution in [0.25, 0.3) is 0 Å². The second-order valence-corrected chi connectivity index (χ2v) is 16.9. The molecular formula is C50H104N2O22. The Kier molecular flexibility index (Phi) is 54.6. The second kappa shape index (κ2) is 55.4. The molecular weight excluding hydrogens is 981 g/mol. The van der Waals surface area contributed by atoms with Gasteiger partial charge in [-0.05, 0) is 26.7 Å².